The first kappa shape index (κ1) is 15.7. The highest BCUT2D eigenvalue weighted by Crippen LogP contribution is 2.24. The van der Waals surface area contributed by atoms with Crippen LogP contribution in [0.5, 0.6) is 0 Å². The van der Waals surface area contributed by atoms with Gasteiger partial charge in [-0.2, -0.15) is 13.2 Å². The number of rotatable bonds is 6. The lowest BCUT2D eigenvalue weighted by molar-refractivity contribution is -0.173. The maximum absolute atomic E-state index is 11.8. The first-order valence-corrected chi connectivity index (χ1v) is 5.52. The van der Waals surface area contributed by atoms with Gasteiger partial charge in [-0.3, -0.25) is 4.79 Å². The Kier molecular flexibility index (Phi) is 4.75. The monoisotopic (exact) mass is 284 g/mol. The van der Waals surface area contributed by atoms with E-state index in [1.54, 1.807) is 6.92 Å². The van der Waals surface area contributed by atoms with Gasteiger partial charge in [0.2, 0.25) is 5.91 Å². The average Bonchev–Trinajstić information content (AvgIpc) is 2.20. The van der Waals surface area contributed by atoms with Gasteiger partial charge in [0.1, 0.15) is 12.2 Å². The van der Waals surface area contributed by atoms with E-state index in [1.807, 2.05) is 5.32 Å². The van der Waals surface area contributed by atoms with E-state index in [9.17, 15) is 22.8 Å². The van der Waals surface area contributed by atoms with Crippen molar-refractivity contribution in [3.8, 4) is 0 Å². The zero-order chi connectivity index (χ0) is 14.7. The van der Waals surface area contributed by atoms with E-state index in [-0.39, 0.29) is 13.1 Å². The zero-order valence-corrected chi connectivity index (χ0v) is 10.3. The number of halogens is 3. The number of hydrogen-bond acceptors (Lipinski definition) is 4. The van der Waals surface area contributed by atoms with Crippen LogP contribution in [0.15, 0.2) is 0 Å². The van der Waals surface area contributed by atoms with Crippen LogP contribution >= 0.6 is 0 Å². The molecule has 1 amide bonds. The molecular formula is C10H15F3N2O4. The molecule has 0 unspecified atom stereocenters. The van der Waals surface area contributed by atoms with Crippen LogP contribution in [-0.2, 0) is 14.3 Å². The number of nitrogens with zero attached hydrogens (tertiary/aromatic N) is 1. The van der Waals surface area contributed by atoms with E-state index in [2.05, 4.69) is 0 Å². The first-order valence-electron chi connectivity index (χ1n) is 5.52. The van der Waals surface area contributed by atoms with Gasteiger partial charge in [-0.1, -0.05) is 0 Å². The number of carboxylic acids is 1. The Morgan fingerprint density at radius 1 is 1.42 bits per heavy atom. The summed E-state index contributed by atoms with van der Waals surface area (Å²) in [5, 5.41) is 10.4. The molecule has 0 aromatic carbocycles. The Labute approximate surface area is 107 Å². The summed E-state index contributed by atoms with van der Waals surface area (Å²) in [6, 6.07) is 0. The summed E-state index contributed by atoms with van der Waals surface area (Å²) in [5.74, 6) is -1.58. The number of hydrogen-bond donors (Lipinski definition) is 2. The fourth-order valence-electron chi connectivity index (χ4n) is 1.69. The summed E-state index contributed by atoms with van der Waals surface area (Å²) in [6.07, 6.45) is -4.35. The van der Waals surface area contributed by atoms with Crippen molar-refractivity contribution in [3.63, 3.8) is 0 Å². The fraction of sp³-hybridized carbons (Fsp3) is 0.800. The van der Waals surface area contributed by atoms with Crippen LogP contribution in [0.3, 0.4) is 0 Å². The quantitative estimate of drug-likeness (QED) is 0.708. The molecule has 0 saturated carbocycles. The Morgan fingerprint density at radius 3 is 2.47 bits per heavy atom. The third kappa shape index (κ3) is 5.43. The number of carboxylic acid groups (broad SMARTS) is 1. The number of carbonyl (C=O) groups excluding carboxylic acids is 1. The van der Waals surface area contributed by atoms with E-state index >= 15 is 0 Å². The molecule has 0 aliphatic carbocycles. The van der Waals surface area contributed by atoms with Gasteiger partial charge in [0.25, 0.3) is 0 Å². The number of carbonyl (C=O) groups is 2. The number of alkyl halides is 3. The summed E-state index contributed by atoms with van der Waals surface area (Å²) in [7, 11) is 0. The minimum atomic E-state index is -4.35. The van der Waals surface area contributed by atoms with Gasteiger partial charge in [-0.25, -0.2) is 4.79 Å². The molecule has 19 heavy (non-hydrogen) atoms. The van der Waals surface area contributed by atoms with Gasteiger partial charge in [0, 0.05) is 0 Å². The predicted molar refractivity (Wildman–Crippen MR) is 57.5 cm³/mol. The van der Waals surface area contributed by atoms with Crippen molar-refractivity contribution in [2.75, 3.05) is 32.8 Å². The van der Waals surface area contributed by atoms with Crippen LogP contribution in [0.4, 0.5) is 13.2 Å². The highest BCUT2D eigenvalue weighted by molar-refractivity contribution is 5.79. The molecule has 1 saturated heterocycles. The van der Waals surface area contributed by atoms with Crippen LogP contribution in [0.25, 0.3) is 0 Å². The number of likely N-dealkylation sites (tertiary alicyclic amines) is 1. The maximum Gasteiger partial charge on any atom is 0.401 e. The Balaban J connectivity index is 2.22. The van der Waals surface area contributed by atoms with Crippen molar-refractivity contribution in [2.24, 2.45) is 0 Å². The molecule has 0 atom stereocenters. The molecule has 6 nitrogen and oxygen atoms in total. The number of nitrogens with one attached hydrogen (secondary N) is 1. The molecule has 0 radical (unpaired) electrons. The maximum atomic E-state index is 11.8. The highest BCUT2D eigenvalue weighted by Gasteiger charge is 2.42. The number of aliphatic carboxylic acids is 1. The second-order valence-electron chi connectivity index (χ2n) is 4.60. The molecule has 2 N–H and O–H groups in total. The average molecular weight is 284 g/mol. The second kappa shape index (κ2) is 5.74. The smallest absolute Gasteiger partial charge is 0.401 e. The SMILES string of the molecule is CC1(OCC(=O)O)CN(C(=O)CNCC(F)(F)F)C1. The molecule has 1 rings (SSSR count). The van der Waals surface area contributed by atoms with Crippen molar-refractivity contribution in [2.45, 2.75) is 18.7 Å². The standard InChI is InChI=1S/C10H15F3N2O4/c1-9(19-3-8(17)18)5-15(6-9)7(16)2-14-4-10(11,12)13/h14H,2-6H2,1H3,(H,17,18). The van der Waals surface area contributed by atoms with Crippen LogP contribution < -0.4 is 5.32 Å². The molecule has 0 aromatic heterocycles. The van der Waals surface area contributed by atoms with Crippen molar-refractivity contribution >= 4 is 11.9 Å². The first-order chi connectivity index (χ1) is 8.61. The van der Waals surface area contributed by atoms with E-state index in [0.29, 0.717) is 0 Å². The van der Waals surface area contributed by atoms with Crippen molar-refractivity contribution in [1.29, 1.82) is 0 Å². The third-order valence-electron chi connectivity index (χ3n) is 2.55. The van der Waals surface area contributed by atoms with E-state index < -0.39 is 43.4 Å². The Hall–Kier alpha value is -1.35. The highest BCUT2D eigenvalue weighted by atomic mass is 19.4. The number of amides is 1. The van der Waals surface area contributed by atoms with Crippen molar-refractivity contribution < 1.29 is 32.6 Å². The molecule has 0 bridgehead atoms. The zero-order valence-electron chi connectivity index (χ0n) is 10.3. The summed E-state index contributed by atoms with van der Waals surface area (Å²) in [4.78, 5) is 23.1. The van der Waals surface area contributed by atoms with Crippen molar-refractivity contribution in [1.82, 2.24) is 10.2 Å². The molecule has 0 aromatic rings. The van der Waals surface area contributed by atoms with Crippen molar-refractivity contribution in [3.05, 3.63) is 0 Å². The normalized spacial score (nSPS) is 18.0. The van der Waals surface area contributed by atoms with Gasteiger partial charge in [0.15, 0.2) is 0 Å². The van der Waals surface area contributed by atoms with Gasteiger partial charge in [-0.15, -0.1) is 0 Å². The van der Waals surface area contributed by atoms with Gasteiger partial charge in [0.05, 0.1) is 26.2 Å². The predicted octanol–water partition coefficient (Wildman–Crippen LogP) is -0.160. The number of ether oxygens (including phenoxy) is 1. The lowest BCUT2D eigenvalue weighted by Crippen LogP contribution is -2.64. The molecule has 1 heterocycles. The van der Waals surface area contributed by atoms with Gasteiger partial charge in [-0.05, 0) is 6.92 Å². The minimum Gasteiger partial charge on any atom is -0.480 e. The minimum absolute atomic E-state index is 0.173. The summed E-state index contributed by atoms with van der Waals surface area (Å²) in [6.45, 7) is -0.110. The topological polar surface area (TPSA) is 78.9 Å². The van der Waals surface area contributed by atoms with E-state index in [1.165, 1.54) is 4.90 Å². The molecule has 1 aliphatic rings. The van der Waals surface area contributed by atoms with E-state index in [4.69, 9.17) is 9.84 Å². The summed E-state index contributed by atoms with van der Waals surface area (Å²) < 4.78 is 40.6. The largest absolute Gasteiger partial charge is 0.480 e. The molecule has 9 heteroatoms. The van der Waals surface area contributed by atoms with Gasteiger partial charge >= 0.3 is 12.1 Å². The molecule has 0 spiro atoms. The second-order valence-corrected chi connectivity index (χ2v) is 4.60. The van der Waals surface area contributed by atoms with Crippen LogP contribution in [-0.4, -0.2) is 66.4 Å². The van der Waals surface area contributed by atoms with Gasteiger partial charge < -0.3 is 20.1 Å². The molecule has 1 aliphatic heterocycles. The van der Waals surface area contributed by atoms with Crippen LogP contribution in [0.1, 0.15) is 6.92 Å². The Bertz CT molecular complexity index is 353. The molecule has 1 fully saturated rings. The summed E-state index contributed by atoms with van der Waals surface area (Å²) >= 11 is 0. The van der Waals surface area contributed by atoms with Crippen LogP contribution in [0.2, 0.25) is 0 Å². The molecule has 110 valence electrons. The van der Waals surface area contributed by atoms with E-state index in [0.717, 1.165) is 0 Å². The third-order valence-corrected chi connectivity index (χ3v) is 2.55. The lowest BCUT2D eigenvalue weighted by atomic mass is 9.96. The van der Waals surface area contributed by atoms with Crippen LogP contribution in [0, 0.1) is 0 Å². The summed E-state index contributed by atoms with van der Waals surface area (Å²) in [5.41, 5.74) is -0.738. The lowest BCUT2D eigenvalue weighted by Gasteiger charge is -2.47. The Morgan fingerprint density at radius 2 is 2.00 bits per heavy atom. The fourth-order valence-corrected chi connectivity index (χ4v) is 1.69. The molecular weight excluding hydrogens is 269 g/mol.